The molecule has 0 aliphatic carbocycles. The Morgan fingerprint density at radius 1 is 1.09 bits per heavy atom. The van der Waals surface area contributed by atoms with Crippen molar-refractivity contribution in [2.24, 2.45) is 0 Å². The van der Waals surface area contributed by atoms with Gasteiger partial charge in [-0.25, -0.2) is 4.79 Å². The Morgan fingerprint density at radius 2 is 1.74 bits per heavy atom. The lowest BCUT2D eigenvalue weighted by Gasteiger charge is -2.29. The Labute approximate surface area is 186 Å². The van der Waals surface area contributed by atoms with Crippen molar-refractivity contribution in [1.29, 1.82) is 0 Å². The van der Waals surface area contributed by atoms with Crippen LogP contribution in [-0.2, 0) is 23.9 Å². The summed E-state index contributed by atoms with van der Waals surface area (Å²) in [4.78, 5) is 37.4. The highest BCUT2D eigenvalue weighted by molar-refractivity contribution is 5.96. The zero-order valence-electron chi connectivity index (χ0n) is 17.0. The van der Waals surface area contributed by atoms with Gasteiger partial charge in [0.25, 0.3) is 5.09 Å². The molecule has 0 unspecified atom stereocenters. The Kier molecular flexibility index (Phi) is 8.17. The van der Waals surface area contributed by atoms with E-state index in [9.17, 15) is 46.0 Å². The molecule has 0 spiro atoms. The highest BCUT2D eigenvalue weighted by Gasteiger charge is 2.49. The summed E-state index contributed by atoms with van der Waals surface area (Å²) in [5.74, 6) is -3.64. The van der Waals surface area contributed by atoms with Crippen molar-refractivity contribution in [1.82, 2.24) is 0 Å². The summed E-state index contributed by atoms with van der Waals surface area (Å²) in [6.07, 6.45) is -12.8. The number of ether oxygens (including phenoxy) is 4. The molecule has 0 fully saturated rings. The summed E-state index contributed by atoms with van der Waals surface area (Å²) in [5.41, 5.74) is -1.46. The number of nitrogens with zero attached hydrogens (tertiary/aromatic N) is 1. The lowest BCUT2D eigenvalue weighted by molar-refractivity contribution is -0.757. The number of benzene rings is 1. The smallest absolute Gasteiger partial charge is 0.475 e. The number of carbonyl (C=O) groups excluding carboxylic acids is 2. The fourth-order valence-corrected chi connectivity index (χ4v) is 2.71. The summed E-state index contributed by atoms with van der Waals surface area (Å²) in [6, 6.07) is 1.56. The maximum absolute atomic E-state index is 13.5. The van der Waals surface area contributed by atoms with Crippen LogP contribution in [0.5, 0.6) is 11.5 Å². The van der Waals surface area contributed by atoms with Crippen LogP contribution in [-0.4, -0.2) is 55.5 Å². The van der Waals surface area contributed by atoms with Gasteiger partial charge in [0.1, 0.15) is 31.3 Å². The molecule has 0 bridgehead atoms. The maximum Gasteiger partial charge on any atom is 0.573 e. The molecule has 0 saturated heterocycles. The van der Waals surface area contributed by atoms with Crippen molar-refractivity contribution < 1.29 is 64.8 Å². The SMILES string of the molecule is Cc1cc(OC(F)(F)F)cc2c1O[C@H](C(F)(F)F)C(C(=O)OCCOC(=O)CCO[N+](=O)[O-])=C2. The second-order valence-corrected chi connectivity index (χ2v) is 6.51. The largest absolute Gasteiger partial charge is 0.573 e. The number of alkyl halides is 6. The first-order valence-corrected chi connectivity index (χ1v) is 9.13. The summed E-state index contributed by atoms with van der Waals surface area (Å²) < 4.78 is 95.8. The van der Waals surface area contributed by atoms with Crippen molar-refractivity contribution in [2.75, 3.05) is 19.8 Å². The van der Waals surface area contributed by atoms with Gasteiger partial charge in [-0.1, -0.05) is 0 Å². The van der Waals surface area contributed by atoms with E-state index in [-0.39, 0.29) is 11.1 Å². The van der Waals surface area contributed by atoms with Crippen LogP contribution in [0.1, 0.15) is 17.5 Å². The minimum Gasteiger partial charge on any atom is -0.475 e. The second-order valence-electron chi connectivity index (χ2n) is 6.51. The normalized spacial score (nSPS) is 15.4. The van der Waals surface area contributed by atoms with Gasteiger partial charge in [-0.15, -0.1) is 23.3 Å². The number of hydrogen-bond acceptors (Lipinski definition) is 9. The first-order valence-electron chi connectivity index (χ1n) is 9.13. The van der Waals surface area contributed by atoms with Crippen LogP contribution in [0.2, 0.25) is 0 Å². The predicted molar refractivity (Wildman–Crippen MR) is 95.8 cm³/mol. The van der Waals surface area contributed by atoms with Gasteiger partial charge in [0.2, 0.25) is 6.10 Å². The summed E-state index contributed by atoms with van der Waals surface area (Å²) in [5, 5.41) is 8.83. The zero-order chi connectivity index (χ0) is 25.7. The van der Waals surface area contributed by atoms with E-state index >= 15 is 0 Å². The maximum atomic E-state index is 13.5. The molecule has 16 heteroatoms. The third-order valence-electron chi connectivity index (χ3n) is 3.96. The molecule has 1 atom stereocenters. The number of esters is 2. The van der Waals surface area contributed by atoms with Crippen LogP contribution in [0.3, 0.4) is 0 Å². The molecule has 0 saturated carbocycles. The number of carbonyl (C=O) groups is 2. The molecule has 1 aromatic rings. The Morgan fingerprint density at radius 3 is 2.32 bits per heavy atom. The fraction of sp³-hybridized carbons (Fsp3) is 0.444. The molecule has 10 nitrogen and oxygen atoms in total. The van der Waals surface area contributed by atoms with E-state index in [4.69, 9.17) is 4.74 Å². The molecule has 2 rings (SSSR count). The van der Waals surface area contributed by atoms with Gasteiger partial charge in [0.15, 0.2) is 0 Å². The quantitative estimate of drug-likeness (QED) is 0.164. The van der Waals surface area contributed by atoms with Crippen LogP contribution in [0, 0.1) is 17.0 Å². The highest BCUT2D eigenvalue weighted by Crippen LogP contribution is 2.41. The Bertz CT molecular complexity index is 974. The molecular formula is C18H15F6NO9. The van der Waals surface area contributed by atoms with E-state index in [0.717, 1.165) is 12.1 Å². The van der Waals surface area contributed by atoms with Gasteiger partial charge < -0.3 is 23.8 Å². The van der Waals surface area contributed by atoms with E-state index in [1.807, 2.05) is 0 Å². The van der Waals surface area contributed by atoms with Gasteiger partial charge in [0.05, 0.1) is 12.0 Å². The Balaban J connectivity index is 2.12. The van der Waals surface area contributed by atoms with Crippen molar-refractivity contribution in [3.05, 3.63) is 38.9 Å². The zero-order valence-corrected chi connectivity index (χ0v) is 17.0. The molecule has 1 aromatic carbocycles. The number of aryl methyl sites for hydroxylation is 1. The molecular weight excluding hydrogens is 488 g/mol. The highest BCUT2D eigenvalue weighted by atomic mass is 19.4. The third kappa shape index (κ3) is 7.70. The number of rotatable bonds is 9. The molecule has 0 amide bonds. The van der Waals surface area contributed by atoms with Crippen LogP contribution in [0.15, 0.2) is 17.7 Å². The predicted octanol–water partition coefficient (Wildman–Crippen LogP) is 3.29. The van der Waals surface area contributed by atoms with Crippen LogP contribution >= 0.6 is 0 Å². The first-order chi connectivity index (χ1) is 15.7. The van der Waals surface area contributed by atoms with E-state index in [1.54, 1.807) is 0 Å². The average Bonchev–Trinajstić information content (AvgIpc) is 2.68. The molecule has 0 radical (unpaired) electrons. The van der Waals surface area contributed by atoms with Crippen LogP contribution < -0.4 is 9.47 Å². The average molecular weight is 503 g/mol. The molecule has 1 aliphatic heterocycles. The van der Waals surface area contributed by atoms with Gasteiger partial charge in [-0.05, 0) is 30.7 Å². The standard InChI is InChI=1S/C18H15F6NO9/c1-9-6-11(34-18(22,23)24)7-10-8-12(15(17(19,20)21)33-14(9)10)16(27)31-5-4-30-13(26)2-3-32-25(28)29/h6-8,15H,2-5H2,1H3/t15-/m0/s1. The van der Waals surface area contributed by atoms with E-state index in [2.05, 4.69) is 19.0 Å². The molecule has 0 aromatic heterocycles. The van der Waals surface area contributed by atoms with Crippen LogP contribution in [0.4, 0.5) is 26.3 Å². The van der Waals surface area contributed by atoms with E-state index in [0.29, 0.717) is 6.08 Å². The number of hydrogen-bond donors (Lipinski definition) is 0. The molecule has 188 valence electrons. The topological polar surface area (TPSA) is 123 Å². The lowest BCUT2D eigenvalue weighted by Crippen LogP contribution is -2.41. The molecule has 34 heavy (non-hydrogen) atoms. The lowest BCUT2D eigenvalue weighted by atomic mass is 9.99. The van der Waals surface area contributed by atoms with E-state index < -0.39 is 79.0 Å². The van der Waals surface area contributed by atoms with Crippen molar-refractivity contribution in [3.8, 4) is 11.5 Å². The first kappa shape index (κ1) is 26.5. The summed E-state index contributed by atoms with van der Waals surface area (Å²) in [7, 11) is 0. The second kappa shape index (κ2) is 10.5. The number of halogens is 6. The fourth-order valence-electron chi connectivity index (χ4n) is 2.71. The molecule has 1 heterocycles. The van der Waals surface area contributed by atoms with Crippen molar-refractivity contribution >= 4 is 18.0 Å². The van der Waals surface area contributed by atoms with Crippen LogP contribution in [0.25, 0.3) is 6.08 Å². The van der Waals surface area contributed by atoms with Crippen molar-refractivity contribution in [3.63, 3.8) is 0 Å². The molecule has 0 N–H and O–H groups in total. The van der Waals surface area contributed by atoms with Crippen molar-refractivity contribution in [2.45, 2.75) is 32.0 Å². The molecule has 1 aliphatic rings. The minimum absolute atomic E-state index is 0.109. The van der Waals surface area contributed by atoms with Gasteiger partial charge in [-0.2, -0.15) is 13.2 Å². The monoisotopic (exact) mass is 503 g/mol. The summed E-state index contributed by atoms with van der Waals surface area (Å²) in [6.45, 7) is -0.682. The van der Waals surface area contributed by atoms with Gasteiger partial charge in [-0.3, -0.25) is 4.79 Å². The van der Waals surface area contributed by atoms with Gasteiger partial charge in [0, 0.05) is 5.56 Å². The van der Waals surface area contributed by atoms with E-state index in [1.165, 1.54) is 6.92 Å². The number of fused-ring (bicyclic) bond motifs is 1. The minimum atomic E-state index is -5.08. The third-order valence-corrected chi connectivity index (χ3v) is 3.96. The Hall–Kier alpha value is -3.72. The summed E-state index contributed by atoms with van der Waals surface area (Å²) >= 11 is 0. The van der Waals surface area contributed by atoms with Gasteiger partial charge >= 0.3 is 24.5 Å².